The van der Waals surface area contributed by atoms with Gasteiger partial charge in [-0.2, -0.15) is 0 Å². The molecule has 2 saturated heterocycles. The summed E-state index contributed by atoms with van der Waals surface area (Å²) in [6.07, 6.45) is 2.71. The van der Waals surface area contributed by atoms with Gasteiger partial charge >= 0.3 is 17.9 Å². The van der Waals surface area contributed by atoms with Crippen molar-refractivity contribution in [2.45, 2.75) is 96.9 Å². The SMILES string of the molecule is CC(C)C(O)C(=O)OC1C(=O)C2C(C)(C)OC(=O)C=CC2(C)C2CCC3(C)C(c4ccoc4)OC(=O)C4OC43C12C. The molecule has 10 nitrogen and oxygen atoms in total. The molecule has 1 N–H and O–H groups in total. The standard InChI is InChI=1S/C31H38O10/c1-15(2)19(33)25(35)39-23-20(34)21-27(3,4)40-18(32)9-11-28(21,5)17-8-12-29(6)22(16-10-13-37-14-16)38-26(36)24-31(29,41-24)30(17,23)7/h9-11,13-15,17,19,21-24,33H,8,12H2,1-7H3. The lowest BCUT2D eigenvalue weighted by Gasteiger charge is -2.66. The van der Waals surface area contributed by atoms with E-state index in [2.05, 4.69) is 0 Å². The second kappa shape index (κ2) is 8.53. The highest BCUT2D eigenvalue weighted by atomic mass is 16.7. The van der Waals surface area contributed by atoms with Crippen LogP contribution in [0.3, 0.4) is 0 Å². The summed E-state index contributed by atoms with van der Waals surface area (Å²) in [5.74, 6) is -4.20. The number of hydrogen-bond acceptors (Lipinski definition) is 10. The molecule has 1 spiro atoms. The van der Waals surface area contributed by atoms with Gasteiger partial charge in [0.2, 0.25) is 0 Å². The van der Waals surface area contributed by atoms with Crippen molar-refractivity contribution < 1.29 is 47.6 Å². The first kappa shape index (κ1) is 28.2. The van der Waals surface area contributed by atoms with E-state index in [-0.39, 0.29) is 5.92 Å². The van der Waals surface area contributed by atoms with Crippen LogP contribution in [0.4, 0.5) is 0 Å². The van der Waals surface area contributed by atoms with Crippen LogP contribution in [-0.2, 0) is 38.1 Å². The fourth-order valence-corrected chi connectivity index (χ4v) is 9.34. The number of epoxide rings is 1. The predicted octanol–water partition coefficient (Wildman–Crippen LogP) is 3.46. The van der Waals surface area contributed by atoms with E-state index >= 15 is 0 Å². The van der Waals surface area contributed by atoms with Gasteiger partial charge in [-0.15, -0.1) is 0 Å². The Morgan fingerprint density at radius 3 is 2.44 bits per heavy atom. The molecule has 5 aliphatic rings. The van der Waals surface area contributed by atoms with Gasteiger partial charge < -0.3 is 28.5 Å². The second-order valence-electron chi connectivity index (χ2n) is 14.0. The molecular weight excluding hydrogens is 532 g/mol. The van der Waals surface area contributed by atoms with Crippen LogP contribution in [0.25, 0.3) is 0 Å². The van der Waals surface area contributed by atoms with Crippen molar-refractivity contribution in [1.82, 2.24) is 0 Å². The van der Waals surface area contributed by atoms with E-state index in [0.717, 1.165) is 0 Å². The van der Waals surface area contributed by atoms with E-state index in [9.17, 15) is 24.3 Å². The number of furan rings is 1. The van der Waals surface area contributed by atoms with E-state index in [0.29, 0.717) is 18.4 Å². The molecule has 0 aromatic carbocycles. The third-order valence-corrected chi connectivity index (χ3v) is 11.0. The van der Waals surface area contributed by atoms with Crippen molar-refractivity contribution in [3.05, 3.63) is 36.3 Å². The first-order valence-corrected chi connectivity index (χ1v) is 14.3. The summed E-state index contributed by atoms with van der Waals surface area (Å²) in [5.41, 5.74) is -4.79. The first-order valence-electron chi connectivity index (χ1n) is 14.3. The summed E-state index contributed by atoms with van der Waals surface area (Å²) < 4.78 is 29.5. The number of rotatable bonds is 4. The molecule has 222 valence electrons. The summed E-state index contributed by atoms with van der Waals surface area (Å²) in [7, 11) is 0. The Labute approximate surface area is 238 Å². The normalized spacial score (nSPS) is 44.8. The number of esters is 3. The molecule has 1 aromatic heterocycles. The van der Waals surface area contributed by atoms with Crippen molar-refractivity contribution in [3.63, 3.8) is 0 Å². The Kier molecular flexibility index (Phi) is 5.86. The Bertz CT molecular complexity index is 1340. The van der Waals surface area contributed by atoms with Crippen LogP contribution in [-0.4, -0.2) is 58.3 Å². The highest BCUT2D eigenvalue weighted by Gasteiger charge is 2.89. The quantitative estimate of drug-likeness (QED) is 0.325. The van der Waals surface area contributed by atoms with Crippen LogP contribution >= 0.6 is 0 Å². The third kappa shape index (κ3) is 3.37. The topological polar surface area (TPSA) is 142 Å². The van der Waals surface area contributed by atoms with Gasteiger partial charge in [0, 0.05) is 27.9 Å². The number of cyclic esters (lactones) is 2. The number of ketones is 1. The molecule has 0 radical (unpaired) electrons. The van der Waals surface area contributed by atoms with Gasteiger partial charge in [0.1, 0.15) is 17.3 Å². The number of aliphatic hydroxyl groups excluding tert-OH is 1. The van der Waals surface area contributed by atoms with Crippen molar-refractivity contribution in [3.8, 4) is 0 Å². The second-order valence-corrected chi connectivity index (χ2v) is 14.0. The van der Waals surface area contributed by atoms with E-state index in [1.807, 2.05) is 20.8 Å². The van der Waals surface area contributed by atoms with E-state index < -0.39 is 87.4 Å². The van der Waals surface area contributed by atoms with Crippen molar-refractivity contribution in [1.29, 1.82) is 0 Å². The molecule has 4 heterocycles. The minimum atomic E-state index is -1.46. The van der Waals surface area contributed by atoms with Crippen LogP contribution < -0.4 is 0 Å². The van der Waals surface area contributed by atoms with Crippen LogP contribution in [0.15, 0.2) is 35.2 Å². The maximum atomic E-state index is 14.8. The van der Waals surface area contributed by atoms with Gasteiger partial charge in [-0.25, -0.2) is 14.4 Å². The minimum Gasteiger partial charge on any atom is -0.472 e. The molecule has 10 atom stereocenters. The molecule has 6 rings (SSSR count). The first-order chi connectivity index (χ1) is 19.1. The number of carbonyl (C=O) groups excluding carboxylic acids is 4. The molecule has 1 aromatic rings. The summed E-state index contributed by atoms with van der Waals surface area (Å²) in [4.78, 5) is 54.3. The lowest BCUT2D eigenvalue weighted by Crippen LogP contribution is -2.75. The average Bonchev–Trinajstić information content (AvgIpc) is 3.48. The number of ether oxygens (including phenoxy) is 4. The Balaban J connectivity index is 1.57. The van der Waals surface area contributed by atoms with Gasteiger partial charge in [0.05, 0.1) is 18.4 Å². The maximum absolute atomic E-state index is 14.8. The fraction of sp³-hybridized carbons (Fsp3) is 0.677. The molecule has 41 heavy (non-hydrogen) atoms. The molecule has 2 aliphatic carbocycles. The largest absolute Gasteiger partial charge is 0.472 e. The molecule has 3 aliphatic heterocycles. The maximum Gasteiger partial charge on any atom is 0.339 e. The number of hydrogen-bond donors (Lipinski definition) is 1. The van der Waals surface area contributed by atoms with Crippen molar-refractivity contribution in [2.24, 2.45) is 34.0 Å². The summed E-state index contributed by atoms with van der Waals surface area (Å²) >= 11 is 0. The number of fused-ring (bicyclic) bond motifs is 3. The highest BCUT2D eigenvalue weighted by molar-refractivity contribution is 5.95. The van der Waals surface area contributed by atoms with E-state index in [1.54, 1.807) is 39.8 Å². The van der Waals surface area contributed by atoms with E-state index in [1.165, 1.54) is 18.6 Å². The minimum absolute atomic E-state index is 0.384. The predicted molar refractivity (Wildman–Crippen MR) is 141 cm³/mol. The van der Waals surface area contributed by atoms with Crippen LogP contribution in [0.2, 0.25) is 0 Å². The van der Waals surface area contributed by atoms with Gasteiger partial charge in [-0.3, -0.25) is 4.79 Å². The van der Waals surface area contributed by atoms with E-state index in [4.69, 9.17) is 23.4 Å². The van der Waals surface area contributed by atoms with Gasteiger partial charge in [0.25, 0.3) is 0 Å². The average molecular weight is 571 g/mol. The molecule has 10 heteroatoms. The molecular formula is C31H38O10. The van der Waals surface area contributed by atoms with Gasteiger partial charge in [-0.05, 0) is 44.6 Å². The highest BCUT2D eigenvalue weighted by Crippen LogP contribution is 2.79. The molecule has 10 unspecified atom stereocenters. The van der Waals surface area contributed by atoms with Crippen LogP contribution in [0.5, 0.6) is 0 Å². The van der Waals surface area contributed by atoms with Gasteiger partial charge in [-0.1, -0.05) is 40.7 Å². The van der Waals surface area contributed by atoms with Gasteiger partial charge in [0.15, 0.2) is 24.1 Å². The zero-order chi connectivity index (χ0) is 29.9. The van der Waals surface area contributed by atoms with Crippen molar-refractivity contribution in [2.75, 3.05) is 0 Å². The zero-order valence-corrected chi connectivity index (χ0v) is 24.5. The number of allylic oxidation sites excluding steroid dienone is 1. The smallest absolute Gasteiger partial charge is 0.339 e. The summed E-state index contributed by atoms with van der Waals surface area (Å²) in [6, 6.07) is 1.74. The Morgan fingerprint density at radius 1 is 1.10 bits per heavy atom. The lowest BCUT2D eigenvalue weighted by atomic mass is 9.37. The molecule has 0 bridgehead atoms. The molecule has 4 fully saturated rings. The number of Topliss-reactive ketones (excluding diaryl/α,β-unsaturated/α-hetero) is 1. The molecule has 2 saturated carbocycles. The van der Waals surface area contributed by atoms with Crippen LogP contribution in [0, 0.1) is 34.0 Å². The number of aliphatic hydroxyl groups is 1. The summed E-state index contributed by atoms with van der Waals surface area (Å²) in [5, 5.41) is 10.6. The lowest BCUT2D eigenvalue weighted by molar-refractivity contribution is -0.248. The Hall–Kier alpha value is -2.98. The monoisotopic (exact) mass is 570 g/mol. The zero-order valence-electron chi connectivity index (χ0n) is 24.5. The van der Waals surface area contributed by atoms with Crippen molar-refractivity contribution >= 4 is 23.7 Å². The third-order valence-electron chi connectivity index (χ3n) is 11.0. The van der Waals surface area contributed by atoms with Crippen LogP contribution in [0.1, 0.15) is 73.0 Å². The summed E-state index contributed by atoms with van der Waals surface area (Å²) in [6.45, 7) is 12.5. The molecule has 0 amide bonds. The number of carbonyl (C=O) groups is 4. The Morgan fingerprint density at radius 2 is 1.80 bits per heavy atom. The fourth-order valence-electron chi connectivity index (χ4n) is 9.34.